The van der Waals surface area contributed by atoms with E-state index in [0.717, 1.165) is 0 Å². The molecule has 0 aliphatic rings. The molecule has 5 nitrogen and oxygen atoms in total. The molecule has 22 heavy (non-hydrogen) atoms. The first kappa shape index (κ1) is 20.9. The fourth-order valence-electron chi connectivity index (χ4n) is 1.85. The SMILES string of the molecule is CC(C)C(N)CCN(C)S(=O)(=O)Cc1cccc(C#N)c1.Cl. The Labute approximate surface area is 139 Å². The third kappa shape index (κ3) is 6.32. The van der Waals surface area contributed by atoms with Gasteiger partial charge in [-0.1, -0.05) is 26.0 Å². The first-order chi connectivity index (χ1) is 9.76. The van der Waals surface area contributed by atoms with Crippen molar-refractivity contribution in [3.05, 3.63) is 35.4 Å². The van der Waals surface area contributed by atoms with Gasteiger partial charge in [-0.15, -0.1) is 12.4 Å². The van der Waals surface area contributed by atoms with Crippen LogP contribution in [0, 0.1) is 17.2 Å². The fourth-order valence-corrected chi connectivity index (χ4v) is 3.06. The maximum Gasteiger partial charge on any atom is 0.218 e. The topological polar surface area (TPSA) is 87.2 Å². The van der Waals surface area contributed by atoms with Gasteiger partial charge < -0.3 is 5.73 Å². The molecule has 0 aliphatic heterocycles. The van der Waals surface area contributed by atoms with E-state index < -0.39 is 10.0 Å². The number of nitrogens with zero attached hydrogens (tertiary/aromatic N) is 2. The third-order valence-electron chi connectivity index (χ3n) is 3.51. The summed E-state index contributed by atoms with van der Waals surface area (Å²) in [5, 5.41) is 8.84. The van der Waals surface area contributed by atoms with E-state index >= 15 is 0 Å². The van der Waals surface area contributed by atoms with Crippen LogP contribution in [0.15, 0.2) is 24.3 Å². The lowest BCUT2D eigenvalue weighted by atomic mass is 10.0. The van der Waals surface area contributed by atoms with Crippen molar-refractivity contribution in [1.82, 2.24) is 4.31 Å². The highest BCUT2D eigenvalue weighted by Crippen LogP contribution is 2.13. The molecular weight excluding hydrogens is 322 g/mol. The van der Waals surface area contributed by atoms with E-state index in [4.69, 9.17) is 11.0 Å². The number of sulfonamides is 1. The van der Waals surface area contributed by atoms with Crippen LogP contribution in [-0.4, -0.2) is 32.4 Å². The van der Waals surface area contributed by atoms with Crippen LogP contribution < -0.4 is 5.73 Å². The van der Waals surface area contributed by atoms with Crippen LogP contribution in [-0.2, 0) is 15.8 Å². The Balaban J connectivity index is 0.00000441. The van der Waals surface area contributed by atoms with Crippen LogP contribution in [0.25, 0.3) is 0 Å². The van der Waals surface area contributed by atoms with E-state index in [2.05, 4.69) is 0 Å². The predicted octanol–water partition coefficient (Wildman–Crippen LogP) is 2.12. The standard InChI is InChI=1S/C15H23N3O2S.ClH/c1-12(2)15(17)7-8-18(3)21(19,20)11-14-6-4-5-13(9-14)10-16;/h4-6,9,12,15H,7-8,11,17H2,1-3H3;1H. The summed E-state index contributed by atoms with van der Waals surface area (Å²) in [5.74, 6) is 0.226. The Hall–Kier alpha value is -1.13. The summed E-state index contributed by atoms with van der Waals surface area (Å²) in [7, 11) is -1.83. The summed E-state index contributed by atoms with van der Waals surface area (Å²) < 4.78 is 25.9. The molecule has 0 saturated heterocycles. The second-order valence-electron chi connectivity index (χ2n) is 5.59. The molecule has 1 aromatic rings. The van der Waals surface area contributed by atoms with E-state index in [1.54, 1.807) is 31.3 Å². The minimum atomic E-state index is -3.39. The van der Waals surface area contributed by atoms with Crippen LogP contribution in [0.4, 0.5) is 0 Å². The molecule has 0 aliphatic carbocycles. The molecule has 124 valence electrons. The summed E-state index contributed by atoms with van der Waals surface area (Å²) in [4.78, 5) is 0. The van der Waals surface area contributed by atoms with Crippen molar-refractivity contribution >= 4 is 22.4 Å². The second kappa shape index (κ2) is 9.11. The predicted molar refractivity (Wildman–Crippen MR) is 91.1 cm³/mol. The molecule has 2 N–H and O–H groups in total. The first-order valence-electron chi connectivity index (χ1n) is 6.95. The van der Waals surface area contributed by atoms with Crippen molar-refractivity contribution in [2.75, 3.05) is 13.6 Å². The Morgan fingerprint density at radius 2 is 2.00 bits per heavy atom. The average Bonchev–Trinajstić information content (AvgIpc) is 2.43. The normalized spacial score (nSPS) is 12.8. The summed E-state index contributed by atoms with van der Waals surface area (Å²) in [5.41, 5.74) is 7.03. The minimum absolute atomic E-state index is 0. The van der Waals surface area contributed by atoms with Gasteiger partial charge in [-0.05, 0) is 30.0 Å². The molecule has 0 aromatic heterocycles. The van der Waals surface area contributed by atoms with Crippen molar-refractivity contribution in [2.24, 2.45) is 11.7 Å². The number of hydrogen-bond acceptors (Lipinski definition) is 4. The van der Waals surface area contributed by atoms with Gasteiger partial charge in [0.2, 0.25) is 10.0 Å². The van der Waals surface area contributed by atoms with Crippen molar-refractivity contribution in [2.45, 2.75) is 32.1 Å². The van der Waals surface area contributed by atoms with Gasteiger partial charge in [0, 0.05) is 19.6 Å². The van der Waals surface area contributed by atoms with Crippen LogP contribution in [0.1, 0.15) is 31.4 Å². The molecular formula is C15H24ClN3O2S. The van der Waals surface area contributed by atoms with Gasteiger partial charge in [-0.3, -0.25) is 0 Å². The zero-order chi connectivity index (χ0) is 16.0. The van der Waals surface area contributed by atoms with Crippen molar-refractivity contribution in [3.63, 3.8) is 0 Å². The zero-order valence-electron chi connectivity index (χ0n) is 13.2. The molecule has 1 rings (SSSR count). The number of rotatable bonds is 7. The van der Waals surface area contributed by atoms with Crippen LogP contribution >= 0.6 is 12.4 Å². The van der Waals surface area contributed by atoms with Crippen LogP contribution in [0.2, 0.25) is 0 Å². The summed E-state index contributed by atoms with van der Waals surface area (Å²) in [6, 6.07) is 8.66. The molecule has 0 spiro atoms. The highest BCUT2D eigenvalue weighted by atomic mass is 35.5. The molecule has 1 aromatic carbocycles. The number of hydrogen-bond donors (Lipinski definition) is 1. The van der Waals surface area contributed by atoms with E-state index in [0.29, 0.717) is 30.0 Å². The molecule has 0 amide bonds. The van der Waals surface area contributed by atoms with Crippen LogP contribution in [0.3, 0.4) is 0 Å². The van der Waals surface area contributed by atoms with E-state index in [1.807, 2.05) is 19.9 Å². The fraction of sp³-hybridized carbons (Fsp3) is 0.533. The van der Waals surface area contributed by atoms with E-state index in [1.165, 1.54) is 4.31 Å². The molecule has 7 heteroatoms. The van der Waals surface area contributed by atoms with Gasteiger partial charge in [0.05, 0.1) is 17.4 Å². The van der Waals surface area contributed by atoms with Crippen LogP contribution in [0.5, 0.6) is 0 Å². The lowest BCUT2D eigenvalue weighted by molar-refractivity contribution is 0.397. The summed E-state index contributed by atoms with van der Waals surface area (Å²) >= 11 is 0. The molecule has 0 radical (unpaired) electrons. The van der Waals surface area contributed by atoms with Crippen molar-refractivity contribution in [3.8, 4) is 6.07 Å². The smallest absolute Gasteiger partial charge is 0.218 e. The summed E-state index contributed by atoms with van der Waals surface area (Å²) in [6.07, 6.45) is 0.631. The lowest BCUT2D eigenvalue weighted by Crippen LogP contribution is -2.35. The quantitative estimate of drug-likeness (QED) is 0.819. The number of nitrogens with two attached hydrogens (primary N) is 1. The molecule has 0 fully saturated rings. The highest BCUT2D eigenvalue weighted by molar-refractivity contribution is 7.88. The lowest BCUT2D eigenvalue weighted by Gasteiger charge is -2.21. The van der Waals surface area contributed by atoms with Gasteiger partial charge in [0.1, 0.15) is 0 Å². The highest BCUT2D eigenvalue weighted by Gasteiger charge is 2.20. The van der Waals surface area contributed by atoms with Gasteiger partial charge >= 0.3 is 0 Å². The average molecular weight is 346 g/mol. The number of halogens is 1. The molecule has 0 saturated carbocycles. The third-order valence-corrected chi connectivity index (χ3v) is 5.34. The molecule has 1 atom stereocenters. The minimum Gasteiger partial charge on any atom is -0.327 e. The van der Waals surface area contributed by atoms with Gasteiger partial charge in [-0.2, -0.15) is 5.26 Å². The second-order valence-corrected chi connectivity index (χ2v) is 7.66. The monoisotopic (exact) mass is 345 g/mol. The van der Waals surface area contributed by atoms with Crippen molar-refractivity contribution in [1.29, 1.82) is 5.26 Å². The van der Waals surface area contributed by atoms with Gasteiger partial charge in [0.25, 0.3) is 0 Å². The Kier molecular flexibility index (Phi) is 8.64. The maximum absolute atomic E-state index is 12.3. The zero-order valence-corrected chi connectivity index (χ0v) is 14.8. The summed E-state index contributed by atoms with van der Waals surface area (Å²) in [6.45, 7) is 4.44. The largest absolute Gasteiger partial charge is 0.327 e. The van der Waals surface area contributed by atoms with Gasteiger partial charge in [0.15, 0.2) is 0 Å². The maximum atomic E-state index is 12.3. The Morgan fingerprint density at radius 1 is 1.36 bits per heavy atom. The number of nitriles is 1. The first-order valence-corrected chi connectivity index (χ1v) is 8.56. The van der Waals surface area contributed by atoms with Crippen molar-refractivity contribution < 1.29 is 8.42 Å². The Morgan fingerprint density at radius 3 is 2.55 bits per heavy atom. The van der Waals surface area contributed by atoms with E-state index in [-0.39, 0.29) is 24.2 Å². The molecule has 1 unspecified atom stereocenters. The number of benzene rings is 1. The Bertz CT molecular complexity index is 611. The molecule has 0 heterocycles. The molecule has 0 bridgehead atoms. The van der Waals surface area contributed by atoms with Gasteiger partial charge in [-0.25, -0.2) is 12.7 Å². The van der Waals surface area contributed by atoms with E-state index in [9.17, 15) is 8.42 Å².